The zero-order valence-corrected chi connectivity index (χ0v) is 63.0. The third kappa shape index (κ3) is 44.6. The number of ether oxygens (including phenoxy) is 2. The molecule has 0 radical (unpaired) electrons. The average molecular weight is 1550 g/mol. The second kappa shape index (κ2) is 55.8. The predicted octanol–water partition coefficient (Wildman–Crippen LogP) is -2.06. The van der Waals surface area contributed by atoms with E-state index in [1.165, 1.54) is 29.2 Å². The van der Waals surface area contributed by atoms with Crippen molar-refractivity contribution in [1.29, 1.82) is 0 Å². The zero-order valence-electron chi connectivity index (χ0n) is 63.0. The summed E-state index contributed by atoms with van der Waals surface area (Å²) in [5.41, 5.74) is 6.66. The van der Waals surface area contributed by atoms with Gasteiger partial charge in [-0.25, -0.2) is 14.4 Å². The minimum absolute atomic E-state index is 0.0110. The molecule has 0 unspecified atom stereocenters. The maximum atomic E-state index is 12.8. The number of carboxylic acids is 2. The summed E-state index contributed by atoms with van der Waals surface area (Å²) in [5.74, 6) is -10.3. The minimum Gasteiger partial charge on any atom is -0.480 e. The highest BCUT2D eigenvalue weighted by Gasteiger charge is 2.33. The highest BCUT2D eigenvalue weighted by Crippen LogP contribution is 2.15. The molecule has 110 heavy (non-hydrogen) atoms. The summed E-state index contributed by atoms with van der Waals surface area (Å²) in [6.07, 6.45) is 9.67. The summed E-state index contributed by atoms with van der Waals surface area (Å²) in [5, 5.41) is 36.6. The first-order valence-electron chi connectivity index (χ1n) is 35.3. The number of nitrogens with two attached hydrogens (primary N) is 1. The normalized spacial score (nSPS) is 13.0. The Hall–Kier alpha value is -11.5. The number of ketones is 1. The summed E-state index contributed by atoms with van der Waals surface area (Å²) in [7, 11) is 3.38. The van der Waals surface area contributed by atoms with E-state index < -0.39 is 122 Å². The number of rotatable bonds is 45. The van der Waals surface area contributed by atoms with Crippen LogP contribution < -0.4 is 48.3 Å². The van der Waals surface area contributed by atoms with Crippen LogP contribution in [0.3, 0.4) is 0 Å². The van der Waals surface area contributed by atoms with Crippen LogP contribution in [0.2, 0.25) is 0 Å². The summed E-state index contributed by atoms with van der Waals surface area (Å²) in [6.45, 7) is 9.16. The Kier molecular flexibility index (Phi) is 49.0. The molecule has 3 aliphatic heterocycles. The van der Waals surface area contributed by atoms with Gasteiger partial charge in [0.25, 0.3) is 35.4 Å². The van der Waals surface area contributed by atoms with Gasteiger partial charge in [0.1, 0.15) is 44.5 Å². The quantitative estimate of drug-likeness (QED) is 0.0147. The zero-order chi connectivity index (χ0) is 82.5. The number of imide groups is 3. The lowest BCUT2D eigenvalue weighted by atomic mass is 10.1. The van der Waals surface area contributed by atoms with E-state index in [4.69, 9.17) is 25.5 Å². The van der Waals surface area contributed by atoms with Gasteiger partial charge < -0.3 is 77.7 Å². The Bertz CT molecular complexity index is 3400. The molecular formula is C72H104N14O24. The standard InChI is InChI=1S/C29H37N5O10.C18H25N5O7.C14H16N2O6.C8H19N.C3H7NO/c35-21(9-5-2-6-14-34-26(39)12-13-27(34)40)10-11-23(36)30-17-25(38)33-22(15-20-7-3-1-4-8-20)29(43)31-16-24(37)32-19-44-18-28(41)42;19-7-14(24)20-9-16(26)23-13(6-12-4-2-1-3-5-12)18(29)21-8-15(25)22-11-30-10-17(27)28;17-10-5-6-11(18)15(10)9-3-1-2-4-14(21)22-16-12(19)7-8-13(16)20;1-6-9(7(2)3)8(4)5;1-4(2)3-5/h1,3-4,7-8,12-13,22H,2,5-6,9-11,14-19H2,(H,30,36)(H,31,43)(H,32,37)(H,33,38)(H,41,42);1-5,13H,6-11,19H2,(H,20,24)(H,21,29)(H,22,25)(H,23,26)(H,27,28);5-6H,1-4,7-9H2;7-8H,6H2,1-5H3;3H,1-2H3/t22-;13-;;;/m00.../s1. The molecule has 12 N–H and O–H groups in total. The molecule has 0 bridgehead atoms. The van der Waals surface area contributed by atoms with E-state index in [0.29, 0.717) is 62.2 Å². The highest BCUT2D eigenvalue weighted by atomic mass is 16.7. The molecular weight excluding hydrogens is 1440 g/mol. The number of nitrogens with one attached hydrogen (secondary N) is 8. The molecule has 1 saturated heterocycles. The fraction of sp³-hybridized carbons (Fsp3) is 0.514. The first-order valence-corrected chi connectivity index (χ1v) is 35.3. The Balaban J connectivity index is 0.000000790. The molecule has 15 amide bonds. The Morgan fingerprint density at radius 2 is 0.882 bits per heavy atom. The van der Waals surface area contributed by atoms with Crippen LogP contribution in [0.5, 0.6) is 0 Å². The average Bonchev–Trinajstić information content (AvgIpc) is 1.58. The van der Waals surface area contributed by atoms with Crippen molar-refractivity contribution in [2.24, 2.45) is 5.73 Å². The molecule has 0 aromatic heterocycles. The number of benzene rings is 2. The van der Waals surface area contributed by atoms with Crippen molar-refractivity contribution in [3.8, 4) is 0 Å². The number of carboxylic acid groups (broad SMARTS) is 2. The Morgan fingerprint density at radius 1 is 0.500 bits per heavy atom. The van der Waals surface area contributed by atoms with Gasteiger partial charge in [-0.2, -0.15) is 0 Å². The number of unbranched alkanes of at least 4 members (excludes halogenated alkanes) is 4. The molecule has 3 heterocycles. The van der Waals surface area contributed by atoms with Crippen LogP contribution in [0.4, 0.5) is 0 Å². The molecule has 606 valence electrons. The fourth-order valence-corrected chi connectivity index (χ4v) is 9.67. The van der Waals surface area contributed by atoms with E-state index >= 15 is 0 Å². The van der Waals surface area contributed by atoms with Crippen molar-refractivity contribution < 1.29 is 116 Å². The number of carbonyl (C=O) groups excluding carboxylic acids is 17. The third-order valence-electron chi connectivity index (χ3n) is 15.1. The van der Waals surface area contributed by atoms with Crippen molar-refractivity contribution in [2.45, 2.75) is 149 Å². The van der Waals surface area contributed by atoms with Gasteiger partial charge in [-0.15, -0.1) is 5.06 Å². The van der Waals surface area contributed by atoms with Gasteiger partial charge in [0.05, 0.1) is 32.7 Å². The number of hydrogen-bond donors (Lipinski definition) is 11. The smallest absolute Gasteiger partial charge is 0.333 e. The molecule has 5 rings (SSSR count). The first kappa shape index (κ1) is 96.5. The number of hydroxylamine groups is 2. The van der Waals surface area contributed by atoms with Crippen molar-refractivity contribution in [1.82, 2.24) is 67.2 Å². The first-order chi connectivity index (χ1) is 52.2. The van der Waals surface area contributed by atoms with Crippen LogP contribution in [0.1, 0.15) is 123 Å². The second-order valence-electron chi connectivity index (χ2n) is 24.9. The van der Waals surface area contributed by atoms with Crippen LogP contribution >= 0.6 is 0 Å². The third-order valence-corrected chi connectivity index (χ3v) is 15.1. The topological polar surface area (TPSA) is 531 Å². The van der Waals surface area contributed by atoms with E-state index in [1.807, 2.05) is 0 Å². The molecule has 38 heteroatoms. The van der Waals surface area contributed by atoms with Gasteiger partial charge in [-0.05, 0) is 71.0 Å². The second-order valence-corrected chi connectivity index (χ2v) is 24.9. The van der Waals surface area contributed by atoms with Gasteiger partial charge in [0.2, 0.25) is 53.7 Å². The van der Waals surface area contributed by atoms with Crippen LogP contribution in [0.15, 0.2) is 85.0 Å². The number of hydrogen-bond acceptors (Lipinski definition) is 24. The summed E-state index contributed by atoms with van der Waals surface area (Å²) in [6, 6.07) is 17.0. The van der Waals surface area contributed by atoms with E-state index in [0.717, 1.165) is 33.9 Å². The molecule has 0 spiro atoms. The molecule has 1 fully saturated rings. The Morgan fingerprint density at radius 3 is 1.24 bits per heavy atom. The lowest BCUT2D eigenvalue weighted by Crippen LogP contribution is -2.52. The van der Waals surface area contributed by atoms with Crippen molar-refractivity contribution in [3.05, 3.63) is 96.1 Å². The molecule has 0 saturated carbocycles. The number of Topliss-reactive ketones (excluding diaryl/α,β-unsaturated/α-hetero) is 1. The minimum atomic E-state index is -1.20. The number of nitrogens with zero attached hydrogens (tertiary/aromatic N) is 5. The van der Waals surface area contributed by atoms with E-state index in [2.05, 4.69) is 86.8 Å². The number of carbonyl (C=O) groups is 19. The Labute approximate surface area is 637 Å². The van der Waals surface area contributed by atoms with Gasteiger partial charge in [-0.1, -0.05) is 80.4 Å². The highest BCUT2D eigenvalue weighted by molar-refractivity contribution is 6.13. The summed E-state index contributed by atoms with van der Waals surface area (Å²) < 4.78 is 9.36. The van der Waals surface area contributed by atoms with Gasteiger partial charge in [-0.3, -0.25) is 91.4 Å². The molecule has 2 aromatic rings. The summed E-state index contributed by atoms with van der Waals surface area (Å²) >= 11 is 0. The molecule has 2 atom stereocenters. The van der Waals surface area contributed by atoms with Gasteiger partial charge in [0, 0.05) is 115 Å². The van der Waals surface area contributed by atoms with Crippen LogP contribution in [0, 0.1) is 0 Å². The summed E-state index contributed by atoms with van der Waals surface area (Å²) in [4.78, 5) is 230. The molecule has 2 aromatic carbocycles. The predicted molar refractivity (Wildman–Crippen MR) is 391 cm³/mol. The van der Waals surface area contributed by atoms with Crippen molar-refractivity contribution in [3.63, 3.8) is 0 Å². The number of aliphatic carboxylic acids is 2. The lowest BCUT2D eigenvalue weighted by molar-refractivity contribution is -0.197. The molecule has 38 nitrogen and oxygen atoms in total. The molecule has 3 aliphatic rings. The molecule has 0 aliphatic carbocycles. The maximum Gasteiger partial charge on any atom is 0.333 e. The largest absolute Gasteiger partial charge is 0.480 e. The van der Waals surface area contributed by atoms with Crippen molar-refractivity contribution in [2.75, 3.05) is 93.1 Å². The lowest BCUT2D eigenvalue weighted by Gasteiger charge is -2.28. The van der Waals surface area contributed by atoms with E-state index in [1.54, 1.807) is 74.8 Å². The van der Waals surface area contributed by atoms with Crippen LogP contribution in [-0.4, -0.2) is 265 Å². The van der Waals surface area contributed by atoms with Gasteiger partial charge >= 0.3 is 17.9 Å². The van der Waals surface area contributed by atoms with Gasteiger partial charge in [0.15, 0.2) is 0 Å². The monoisotopic (exact) mass is 1550 g/mol. The fourth-order valence-electron chi connectivity index (χ4n) is 9.67. The van der Waals surface area contributed by atoms with E-state index in [9.17, 15) is 91.1 Å². The van der Waals surface area contributed by atoms with Crippen LogP contribution in [0.25, 0.3) is 0 Å². The number of amides is 15. The van der Waals surface area contributed by atoms with Crippen LogP contribution in [-0.2, 0) is 118 Å². The van der Waals surface area contributed by atoms with E-state index in [-0.39, 0.29) is 114 Å². The SMILES string of the molecule is CCN(C(C)C)C(C)C.CN(C)C=O.NCC(=O)NCC(=O)N[C@@H](Cc1ccccc1)C(=O)NCC(=O)NCOCC(=O)O.O=C(CCCCCN1C(=O)C=CC1=O)ON1C(=O)CCC1=O.O=C(O)COCNC(=O)CNC(=O)[C@H](Cc1ccccc1)NC(=O)CNC(=O)CCC(=O)CCCCCN1C(=O)C=CC1=O. The van der Waals surface area contributed by atoms with Crippen molar-refractivity contribution >= 4 is 113 Å². The maximum absolute atomic E-state index is 12.8.